The van der Waals surface area contributed by atoms with Crippen LogP contribution in [0.3, 0.4) is 0 Å². The molecule has 0 aliphatic carbocycles. The van der Waals surface area contributed by atoms with Crippen LogP contribution in [0, 0.1) is 6.92 Å². The van der Waals surface area contributed by atoms with Crippen molar-refractivity contribution < 1.29 is 13.5 Å². The third-order valence-corrected chi connectivity index (χ3v) is 4.29. The lowest BCUT2D eigenvalue weighted by atomic mass is 10.4. The summed E-state index contributed by atoms with van der Waals surface area (Å²) in [5, 5.41) is 8.49. The summed E-state index contributed by atoms with van der Waals surface area (Å²) in [6.45, 7) is 1.91. The second-order valence-electron chi connectivity index (χ2n) is 3.20. The van der Waals surface area contributed by atoms with Gasteiger partial charge >= 0.3 is 0 Å². The zero-order chi connectivity index (χ0) is 11.3. The van der Waals surface area contributed by atoms with Crippen molar-refractivity contribution in [3.05, 3.63) is 21.9 Å². The highest BCUT2D eigenvalue weighted by Crippen LogP contribution is 2.15. The monoisotopic (exact) mass is 249 g/mol. The molecule has 6 heteroatoms. The normalized spacial score (nSPS) is 11.9. The van der Waals surface area contributed by atoms with Crippen LogP contribution in [0.2, 0.25) is 0 Å². The standard InChI is InChI=1S/C9H15NO3S2/c1-8-2-3-9(14-8)4-7-15(12,13)10-5-6-11/h2-3,10-11H,4-7H2,1H3. The Morgan fingerprint density at radius 1 is 1.47 bits per heavy atom. The van der Waals surface area contributed by atoms with Gasteiger partial charge in [-0.15, -0.1) is 11.3 Å². The molecule has 2 N–H and O–H groups in total. The number of hydrogen-bond donors (Lipinski definition) is 2. The fraction of sp³-hybridized carbons (Fsp3) is 0.556. The third kappa shape index (κ3) is 4.74. The van der Waals surface area contributed by atoms with E-state index in [9.17, 15) is 8.42 Å². The average molecular weight is 249 g/mol. The number of rotatable bonds is 6. The van der Waals surface area contributed by atoms with Crippen molar-refractivity contribution in [2.45, 2.75) is 13.3 Å². The minimum atomic E-state index is -3.24. The summed E-state index contributed by atoms with van der Waals surface area (Å²) in [7, 11) is -3.24. The third-order valence-electron chi connectivity index (χ3n) is 1.85. The largest absolute Gasteiger partial charge is 0.395 e. The number of aryl methyl sites for hydroxylation is 2. The quantitative estimate of drug-likeness (QED) is 0.772. The van der Waals surface area contributed by atoms with Crippen molar-refractivity contribution >= 4 is 21.4 Å². The second kappa shape index (κ2) is 5.60. The van der Waals surface area contributed by atoms with Gasteiger partial charge in [-0.2, -0.15) is 0 Å². The zero-order valence-electron chi connectivity index (χ0n) is 8.56. The summed E-state index contributed by atoms with van der Waals surface area (Å²) in [4.78, 5) is 2.26. The Morgan fingerprint density at radius 3 is 2.73 bits per heavy atom. The highest BCUT2D eigenvalue weighted by atomic mass is 32.2. The number of thiophene rings is 1. The molecule has 0 spiro atoms. The van der Waals surface area contributed by atoms with Crippen molar-refractivity contribution in [1.82, 2.24) is 4.72 Å². The van der Waals surface area contributed by atoms with E-state index in [1.165, 1.54) is 4.88 Å². The molecule has 0 radical (unpaired) electrons. The fourth-order valence-electron chi connectivity index (χ4n) is 1.13. The molecule has 86 valence electrons. The van der Waals surface area contributed by atoms with Crippen LogP contribution in [0.4, 0.5) is 0 Å². The van der Waals surface area contributed by atoms with Crippen LogP contribution in [0.15, 0.2) is 12.1 Å². The highest BCUT2D eigenvalue weighted by molar-refractivity contribution is 7.89. The Kier molecular flexibility index (Phi) is 4.72. The molecule has 4 nitrogen and oxygen atoms in total. The van der Waals surface area contributed by atoms with Crippen LogP contribution >= 0.6 is 11.3 Å². The molecule has 0 saturated carbocycles. The van der Waals surface area contributed by atoms with Gasteiger partial charge in [-0.3, -0.25) is 0 Å². The summed E-state index contributed by atoms with van der Waals surface area (Å²) >= 11 is 1.61. The molecule has 1 aromatic heterocycles. The van der Waals surface area contributed by atoms with Gasteiger partial charge in [0.15, 0.2) is 0 Å². The Labute approximate surface area is 94.0 Å². The molecule has 0 unspecified atom stereocenters. The molecule has 0 aliphatic heterocycles. The van der Waals surface area contributed by atoms with Crippen LogP contribution in [0.1, 0.15) is 9.75 Å². The summed E-state index contributed by atoms with van der Waals surface area (Å²) in [6.07, 6.45) is 0.527. The van der Waals surface area contributed by atoms with E-state index in [-0.39, 0.29) is 18.9 Å². The maximum atomic E-state index is 11.4. The van der Waals surface area contributed by atoms with Crippen molar-refractivity contribution in [3.8, 4) is 0 Å². The summed E-state index contributed by atoms with van der Waals surface area (Å²) in [6, 6.07) is 3.93. The molecule has 0 fully saturated rings. The molecular formula is C9H15NO3S2. The number of aliphatic hydroxyl groups excluding tert-OH is 1. The zero-order valence-corrected chi connectivity index (χ0v) is 10.2. The van der Waals surface area contributed by atoms with E-state index in [1.54, 1.807) is 11.3 Å². The maximum absolute atomic E-state index is 11.4. The summed E-state index contributed by atoms with van der Waals surface area (Å²) in [5.74, 6) is 0.0763. The van der Waals surface area contributed by atoms with Gasteiger partial charge in [0.1, 0.15) is 0 Å². The van der Waals surface area contributed by atoms with E-state index in [0.717, 1.165) is 4.88 Å². The highest BCUT2D eigenvalue weighted by Gasteiger charge is 2.09. The first kappa shape index (κ1) is 12.6. The lowest BCUT2D eigenvalue weighted by Crippen LogP contribution is -2.29. The minimum Gasteiger partial charge on any atom is -0.395 e. The van der Waals surface area contributed by atoms with Crippen molar-refractivity contribution in [2.75, 3.05) is 18.9 Å². The maximum Gasteiger partial charge on any atom is 0.212 e. The average Bonchev–Trinajstić information content (AvgIpc) is 2.59. The van der Waals surface area contributed by atoms with Gasteiger partial charge in [0.2, 0.25) is 10.0 Å². The SMILES string of the molecule is Cc1ccc(CCS(=O)(=O)NCCO)s1. The molecule has 1 heterocycles. The minimum absolute atomic E-state index is 0.0763. The van der Waals surface area contributed by atoms with Crippen LogP contribution in [-0.4, -0.2) is 32.4 Å². The molecule has 0 amide bonds. The van der Waals surface area contributed by atoms with E-state index in [0.29, 0.717) is 6.42 Å². The van der Waals surface area contributed by atoms with Gasteiger partial charge in [-0.1, -0.05) is 0 Å². The smallest absolute Gasteiger partial charge is 0.212 e. The van der Waals surface area contributed by atoms with Crippen molar-refractivity contribution in [3.63, 3.8) is 0 Å². The van der Waals surface area contributed by atoms with Crippen LogP contribution in [0.5, 0.6) is 0 Å². The van der Waals surface area contributed by atoms with Crippen LogP contribution in [0.25, 0.3) is 0 Å². The molecule has 0 bridgehead atoms. The predicted molar refractivity (Wildman–Crippen MR) is 61.6 cm³/mol. The van der Waals surface area contributed by atoms with E-state index in [4.69, 9.17) is 5.11 Å². The predicted octanol–water partition coefficient (Wildman–Crippen LogP) is 0.511. The van der Waals surface area contributed by atoms with Gasteiger partial charge in [-0.05, 0) is 25.5 Å². The first-order valence-corrected chi connectivity index (χ1v) is 7.14. The summed E-state index contributed by atoms with van der Waals surface area (Å²) in [5.41, 5.74) is 0. The summed E-state index contributed by atoms with van der Waals surface area (Å²) < 4.78 is 25.0. The molecular weight excluding hydrogens is 234 g/mol. The first-order valence-electron chi connectivity index (χ1n) is 4.67. The molecule has 0 atom stereocenters. The van der Waals surface area contributed by atoms with Gasteiger partial charge < -0.3 is 5.11 Å². The van der Waals surface area contributed by atoms with E-state index < -0.39 is 10.0 Å². The molecule has 1 aromatic rings. The van der Waals surface area contributed by atoms with E-state index in [1.807, 2.05) is 19.1 Å². The topological polar surface area (TPSA) is 66.4 Å². The molecule has 1 rings (SSSR count). The van der Waals surface area contributed by atoms with Crippen molar-refractivity contribution in [2.24, 2.45) is 0 Å². The number of hydrogen-bond acceptors (Lipinski definition) is 4. The first-order chi connectivity index (χ1) is 7.03. The Balaban J connectivity index is 2.42. The Morgan fingerprint density at radius 2 is 2.20 bits per heavy atom. The van der Waals surface area contributed by atoms with Gasteiger partial charge in [0.25, 0.3) is 0 Å². The number of nitrogens with one attached hydrogen (secondary N) is 1. The molecule has 0 saturated heterocycles. The fourth-order valence-corrected chi connectivity index (χ4v) is 3.18. The lowest BCUT2D eigenvalue weighted by Gasteiger charge is -2.03. The van der Waals surface area contributed by atoms with Gasteiger partial charge in [0.05, 0.1) is 12.4 Å². The van der Waals surface area contributed by atoms with Crippen LogP contribution < -0.4 is 4.72 Å². The van der Waals surface area contributed by atoms with E-state index in [2.05, 4.69) is 4.72 Å². The molecule has 0 aromatic carbocycles. The number of sulfonamides is 1. The van der Waals surface area contributed by atoms with E-state index >= 15 is 0 Å². The number of aliphatic hydroxyl groups is 1. The Bertz CT molecular complexity index is 397. The molecule has 0 aliphatic rings. The van der Waals surface area contributed by atoms with Gasteiger partial charge in [0, 0.05) is 16.3 Å². The second-order valence-corrected chi connectivity index (χ2v) is 6.50. The molecule has 15 heavy (non-hydrogen) atoms. The van der Waals surface area contributed by atoms with Gasteiger partial charge in [-0.25, -0.2) is 13.1 Å². The lowest BCUT2D eigenvalue weighted by molar-refractivity contribution is 0.301. The Hall–Kier alpha value is -0.430. The van der Waals surface area contributed by atoms with Crippen LogP contribution in [-0.2, 0) is 16.4 Å². The van der Waals surface area contributed by atoms with Crippen molar-refractivity contribution in [1.29, 1.82) is 0 Å².